The molecule has 10 heteroatoms. The molecule has 1 heterocycles. The van der Waals surface area contributed by atoms with Crippen LogP contribution in [0.5, 0.6) is 0 Å². The van der Waals surface area contributed by atoms with Gasteiger partial charge in [-0.3, -0.25) is 14.9 Å². The van der Waals surface area contributed by atoms with Crippen molar-refractivity contribution in [2.24, 2.45) is 0 Å². The fraction of sp³-hybridized carbons (Fsp3) is 0.462. The van der Waals surface area contributed by atoms with E-state index in [1.807, 2.05) is 0 Å². The van der Waals surface area contributed by atoms with Gasteiger partial charge in [0.2, 0.25) is 10.0 Å². The highest BCUT2D eigenvalue weighted by Crippen LogP contribution is 2.30. The second-order valence-electron chi connectivity index (χ2n) is 5.27. The summed E-state index contributed by atoms with van der Waals surface area (Å²) < 4.78 is 39.8. The maximum absolute atomic E-state index is 13.8. The molecule has 1 unspecified atom stereocenters. The molecule has 126 valence electrons. The number of benzene rings is 1. The lowest BCUT2D eigenvalue weighted by molar-refractivity contribution is -0.385. The number of nitrogens with zero attached hydrogens (tertiary/aromatic N) is 2. The van der Waals surface area contributed by atoms with Gasteiger partial charge >= 0.3 is 5.97 Å². The molecule has 0 saturated carbocycles. The number of rotatable bonds is 4. The molecule has 0 bridgehead atoms. The third kappa shape index (κ3) is 3.17. The first-order chi connectivity index (χ1) is 10.7. The van der Waals surface area contributed by atoms with Crippen LogP contribution >= 0.6 is 0 Å². The molecule has 1 saturated heterocycles. The summed E-state index contributed by atoms with van der Waals surface area (Å²) in [6.45, 7) is 1.15. The van der Waals surface area contributed by atoms with E-state index in [0.29, 0.717) is 18.9 Å². The van der Waals surface area contributed by atoms with Crippen LogP contribution in [-0.4, -0.2) is 41.3 Å². The van der Waals surface area contributed by atoms with Crippen LogP contribution < -0.4 is 0 Å². The molecule has 1 aliphatic rings. The minimum Gasteiger partial charge on any atom is -0.480 e. The Labute approximate surface area is 131 Å². The number of carboxylic acids is 1. The van der Waals surface area contributed by atoms with E-state index in [2.05, 4.69) is 0 Å². The van der Waals surface area contributed by atoms with Crippen LogP contribution in [0.3, 0.4) is 0 Å². The molecule has 0 amide bonds. The second-order valence-corrected chi connectivity index (χ2v) is 7.16. The monoisotopic (exact) mass is 346 g/mol. The summed E-state index contributed by atoms with van der Waals surface area (Å²) >= 11 is 0. The highest BCUT2D eigenvalue weighted by Gasteiger charge is 2.38. The van der Waals surface area contributed by atoms with Crippen LogP contribution in [0.4, 0.5) is 10.1 Å². The largest absolute Gasteiger partial charge is 0.480 e. The molecule has 0 spiro atoms. The maximum atomic E-state index is 13.8. The lowest BCUT2D eigenvalue weighted by atomic mass is 10.1. The van der Waals surface area contributed by atoms with Crippen LogP contribution in [0, 0.1) is 22.9 Å². The summed E-state index contributed by atoms with van der Waals surface area (Å²) in [5, 5.41) is 20.1. The van der Waals surface area contributed by atoms with Crippen LogP contribution in [-0.2, 0) is 14.8 Å². The number of aliphatic carboxylic acids is 1. The van der Waals surface area contributed by atoms with Crippen LogP contribution in [0.25, 0.3) is 0 Å². The standard InChI is InChI=1S/C13H15FN2O6S/c1-8-10(14)6-9(7-12(8)16(19)20)23(21,22)15-5-3-2-4-11(15)13(17)18/h6-7,11H,2-5H2,1H3,(H,17,18). The molecule has 8 nitrogen and oxygen atoms in total. The Morgan fingerprint density at radius 3 is 2.65 bits per heavy atom. The average molecular weight is 346 g/mol. The van der Waals surface area contributed by atoms with Crippen molar-refractivity contribution in [2.75, 3.05) is 6.54 Å². The van der Waals surface area contributed by atoms with Crippen LogP contribution in [0.2, 0.25) is 0 Å². The van der Waals surface area contributed by atoms with Gasteiger partial charge in [0.15, 0.2) is 0 Å². The van der Waals surface area contributed by atoms with Gasteiger partial charge in [-0.25, -0.2) is 12.8 Å². The second kappa shape index (κ2) is 6.20. The number of halogens is 1. The number of nitro benzene ring substituents is 1. The number of piperidine rings is 1. The van der Waals surface area contributed by atoms with E-state index in [1.54, 1.807) is 0 Å². The van der Waals surface area contributed by atoms with Gasteiger partial charge in [-0.1, -0.05) is 0 Å². The Kier molecular flexibility index (Phi) is 4.66. The minimum atomic E-state index is -4.34. The number of sulfonamides is 1. The van der Waals surface area contributed by atoms with E-state index >= 15 is 0 Å². The quantitative estimate of drug-likeness (QED) is 0.654. The summed E-state index contributed by atoms with van der Waals surface area (Å²) in [5.41, 5.74) is -0.935. The van der Waals surface area contributed by atoms with Crippen molar-refractivity contribution in [2.45, 2.75) is 37.1 Å². The van der Waals surface area contributed by atoms with Gasteiger partial charge in [0, 0.05) is 12.6 Å². The van der Waals surface area contributed by atoms with Gasteiger partial charge in [-0.05, 0) is 32.3 Å². The van der Waals surface area contributed by atoms with Crippen molar-refractivity contribution in [3.8, 4) is 0 Å². The van der Waals surface area contributed by atoms with E-state index < -0.39 is 43.4 Å². The number of hydrogen-bond acceptors (Lipinski definition) is 5. The molecule has 2 rings (SSSR count). The molecule has 1 aliphatic heterocycles. The molecule has 1 fully saturated rings. The lowest BCUT2D eigenvalue weighted by Gasteiger charge is -2.31. The first kappa shape index (κ1) is 17.3. The molecule has 1 atom stereocenters. The van der Waals surface area contributed by atoms with E-state index in [4.69, 9.17) is 0 Å². The van der Waals surface area contributed by atoms with Crippen molar-refractivity contribution in [3.05, 3.63) is 33.6 Å². The van der Waals surface area contributed by atoms with Crippen molar-refractivity contribution in [1.82, 2.24) is 4.31 Å². The predicted octanol–water partition coefficient (Wildman–Crippen LogP) is 1.67. The number of hydrogen-bond donors (Lipinski definition) is 1. The van der Waals surface area contributed by atoms with Gasteiger partial charge in [-0.2, -0.15) is 4.31 Å². The Morgan fingerprint density at radius 2 is 2.09 bits per heavy atom. The number of nitro groups is 1. The molecule has 23 heavy (non-hydrogen) atoms. The zero-order valence-electron chi connectivity index (χ0n) is 12.2. The minimum absolute atomic E-state index is 0.0252. The molecule has 0 aliphatic carbocycles. The highest BCUT2D eigenvalue weighted by atomic mass is 32.2. The zero-order valence-corrected chi connectivity index (χ0v) is 13.0. The SMILES string of the molecule is Cc1c(F)cc(S(=O)(=O)N2CCCCC2C(=O)O)cc1[N+](=O)[O-]. The fourth-order valence-electron chi connectivity index (χ4n) is 2.55. The topological polar surface area (TPSA) is 118 Å². The maximum Gasteiger partial charge on any atom is 0.322 e. The Hall–Kier alpha value is -2.07. The van der Waals surface area contributed by atoms with Gasteiger partial charge in [0.05, 0.1) is 15.4 Å². The Bertz CT molecular complexity index is 764. The van der Waals surface area contributed by atoms with E-state index in [-0.39, 0.29) is 18.5 Å². The van der Waals surface area contributed by atoms with Crippen molar-refractivity contribution in [3.63, 3.8) is 0 Å². The molecule has 1 aromatic rings. The Morgan fingerprint density at radius 1 is 1.43 bits per heavy atom. The van der Waals surface area contributed by atoms with Crippen LogP contribution in [0.15, 0.2) is 17.0 Å². The van der Waals surface area contributed by atoms with Crippen molar-refractivity contribution in [1.29, 1.82) is 0 Å². The first-order valence-electron chi connectivity index (χ1n) is 6.85. The third-order valence-electron chi connectivity index (χ3n) is 3.83. The molecule has 1 aromatic carbocycles. The van der Waals surface area contributed by atoms with Gasteiger partial charge < -0.3 is 5.11 Å². The van der Waals surface area contributed by atoms with Crippen molar-refractivity contribution < 1.29 is 27.6 Å². The average Bonchev–Trinajstić information content (AvgIpc) is 2.49. The fourth-order valence-corrected chi connectivity index (χ4v) is 4.24. The van der Waals surface area contributed by atoms with E-state index in [9.17, 15) is 32.8 Å². The predicted molar refractivity (Wildman–Crippen MR) is 77.0 cm³/mol. The number of carbonyl (C=O) groups is 1. The molecular formula is C13H15FN2O6S. The summed E-state index contributed by atoms with van der Waals surface area (Å²) in [5.74, 6) is -2.32. The highest BCUT2D eigenvalue weighted by molar-refractivity contribution is 7.89. The van der Waals surface area contributed by atoms with Gasteiger partial charge in [0.1, 0.15) is 11.9 Å². The lowest BCUT2D eigenvalue weighted by Crippen LogP contribution is -2.47. The normalized spacial score (nSPS) is 19.5. The first-order valence-corrected chi connectivity index (χ1v) is 8.29. The molecule has 0 radical (unpaired) electrons. The molecular weight excluding hydrogens is 331 g/mol. The summed E-state index contributed by atoms with van der Waals surface area (Å²) in [6, 6.07) is 0.198. The summed E-state index contributed by atoms with van der Waals surface area (Å²) in [4.78, 5) is 20.7. The molecule has 0 aromatic heterocycles. The van der Waals surface area contributed by atoms with Crippen molar-refractivity contribution >= 4 is 21.7 Å². The van der Waals surface area contributed by atoms with E-state index in [0.717, 1.165) is 10.4 Å². The summed E-state index contributed by atoms with van der Waals surface area (Å²) in [7, 11) is -4.34. The zero-order chi connectivity index (χ0) is 17.4. The smallest absolute Gasteiger partial charge is 0.322 e. The third-order valence-corrected chi connectivity index (χ3v) is 5.72. The van der Waals surface area contributed by atoms with E-state index in [1.165, 1.54) is 6.92 Å². The van der Waals surface area contributed by atoms with Gasteiger partial charge in [0.25, 0.3) is 5.69 Å². The van der Waals surface area contributed by atoms with Gasteiger partial charge in [-0.15, -0.1) is 0 Å². The molecule has 1 N–H and O–H groups in total. The van der Waals surface area contributed by atoms with Crippen LogP contribution in [0.1, 0.15) is 24.8 Å². The summed E-state index contributed by atoms with van der Waals surface area (Å²) in [6.07, 6.45) is 1.18. The number of carboxylic acid groups (broad SMARTS) is 1. The Balaban J connectivity index is 2.55.